The Bertz CT molecular complexity index is 522. The summed E-state index contributed by atoms with van der Waals surface area (Å²) in [6, 6.07) is 19.4. The molecule has 0 heterocycles. The van der Waals surface area contributed by atoms with E-state index >= 15 is 0 Å². The smallest absolute Gasteiger partial charge is 0.303 e. The summed E-state index contributed by atoms with van der Waals surface area (Å²) in [5.74, 6) is -0.880. The van der Waals surface area contributed by atoms with Crippen molar-refractivity contribution in [1.29, 1.82) is 0 Å². The van der Waals surface area contributed by atoms with E-state index in [2.05, 4.69) is 0 Å². The monoisotopic (exact) mass is 284 g/mol. The highest BCUT2D eigenvalue weighted by Gasteiger charge is 2.28. The number of carboxylic acid groups (broad SMARTS) is 1. The summed E-state index contributed by atoms with van der Waals surface area (Å²) in [7, 11) is 0. The van der Waals surface area contributed by atoms with Crippen LogP contribution in [0.2, 0.25) is 0 Å². The average molecular weight is 284 g/mol. The van der Waals surface area contributed by atoms with Crippen molar-refractivity contribution in [3.63, 3.8) is 0 Å². The molecular weight excluding hydrogens is 264 g/mol. The summed E-state index contributed by atoms with van der Waals surface area (Å²) in [5.41, 5.74) is 0.990. The number of rotatable bonds is 7. The number of aliphatic hydroxyl groups is 1. The van der Waals surface area contributed by atoms with Gasteiger partial charge in [-0.1, -0.05) is 60.7 Å². The van der Waals surface area contributed by atoms with Crippen LogP contribution < -0.4 is 0 Å². The highest BCUT2D eigenvalue weighted by atomic mass is 16.4. The van der Waals surface area contributed by atoms with Crippen LogP contribution >= 0.6 is 0 Å². The molecule has 0 amide bonds. The standard InChI is InChI=1S/C18H20O3/c19-17(20)11-12-18(21,13-15-7-3-1-4-8-15)14-16-9-5-2-6-10-16/h1-10,21H,11-14H2,(H,19,20). The lowest BCUT2D eigenvalue weighted by molar-refractivity contribution is -0.138. The number of carboxylic acids is 1. The molecule has 2 N–H and O–H groups in total. The summed E-state index contributed by atoms with van der Waals surface area (Å²) in [4.78, 5) is 10.8. The highest BCUT2D eigenvalue weighted by Crippen LogP contribution is 2.24. The second-order valence-corrected chi connectivity index (χ2v) is 5.44. The van der Waals surface area contributed by atoms with Gasteiger partial charge in [-0.15, -0.1) is 0 Å². The van der Waals surface area contributed by atoms with Gasteiger partial charge in [0.15, 0.2) is 0 Å². The van der Waals surface area contributed by atoms with Crippen molar-refractivity contribution in [2.24, 2.45) is 0 Å². The van der Waals surface area contributed by atoms with Gasteiger partial charge in [-0.25, -0.2) is 0 Å². The van der Waals surface area contributed by atoms with Gasteiger partial charge < -0.3 is 10.2 Å². The van der Waals surface area contributed by atoms with Gasteiger partial charge >= 0.3 is 5.97 Å². The lowest BCUT2D eigenvalue weighted by atomic mass is 9.84. The van der Waals surface area contributed by atoms with Gasteiger partial charge in [0.05, 0.1) is 5.60 Å². The third-order valence-electron chi connectivity index (χ3n) is 3.56. The highest BCUT2D eigenvalue weighted by molar-refractivity contribution is 5.66. The van der Waals surface area contributed by atoms with Crippen molar-refractivity contribution in [2.75, 3.05) is 0 Å². The first-order chi connectivity index (χ1) is 10.1. The normalized spacial score (nSPS) is 11.3. The molecule has 0 saturated heterocycles. The van der Waals surface area contributed by atoms with Crippen LogP contribution in [-0.4, -0.2) is 21.8 Å². The fourth-order valence-corrected chi connectivity index (χ4v) is 2.53. The lowest BCUT2D eigenvalue weighted by Crippen LogP contribution is -2.35. The maximum absolute atomic E-state index is 10.9. The number of hydrogen-bond acceptors (Lipinski definition) is 2. The molecule has 0 bridgehead atoms. The Morgan fingerprint density at radius 3 is 1.67 bits per heavy atom. The molecule has 3 nitrogen and oxygen atoms in total. The first-order valence-corrected chi connectivity index (χ1v) is 7.09. The summed E-state index contributed by atoms with van der Waals surface area (Å²) < 4.78 is 0. The molecule has 2 aromatic carbocycles. The second-order valence-electron chi connectivity index (χ2n) is 5.44. The number of hydrogen-bond donors (Lipinski definition) is 2. The van der Waals surface area contributed by atoms with Gasteiger partial charge in [0.25, 0.3) is 0 Å². The van der Waals surface area contributed by atoms with Crippen molar-refractivity contribution in [1.82, 2.24) is 0 Å². The molecule has 0 aliphatic carbocycles. The van der Waals surface area contributed by atoms with Crippen molar-refractivity contribution < 1.29 is 15.0 Å². The fourth-order valence-electron chi connectivity index (χ4n) is 2.53. The summed E-state index contributed by atoms with van der Waals surface area (Å²) in [6.45, 7) is 0. The van der Waals surface area contributed by atoms with Crippen LogP contribution in [0, 0.1) is 0 Å². The van der Waals surface area contributed by atoms with Gasteiger partial charge in [0.1, 0.15) is 0 Å². The molecule has 0 atom stereocenters. The van der Waals surface area contributed by atoms with E-state index in [1.54, 1.807) is 0 Å². The van der Waals surface area contributed by atoms with Gasteiger partial charge in [-0.2, -0.15) is 0 Å². The topological polar surface area (TPSA) is 57.5 Å². The molecule has 0 saturated carbocycles. The molecule has 0 aliphatic heterocycles. The van der Waals surface area contributed by atoms with Crippen LogP contribution in [0.1, 0.15) is 24.0 Å². The molecule has 0 fully saturated rings. The number of aliphatic carboxylic acids is 1. The van der Waals surface area contributed by atoms with E-state index < -0.39 is 11.6 Å². The van der Waals surface area contributed by atoms with E-state index in [1.165, 1.54) is 0 Å². The predicted molar refractivity (Wildman–Crippen MR) is 82.1 cm³/mol. The number of carbonyl (C=O) groups is 1. The minimum Gasteiger partial charge on any atom is -0.481 e. The summed E-state index contributed by atoms with van der Waals surface area (Å²) >= 11 is 0. The zero-order valence-electron chi connectivity index (χ0n) is 11.9. The van der Waals surface area contributed by atoms with E-state index in [0.717, 1.165) is 11.1 Å². The molecule has 0 aromatic heterocycles. The first kappa shape index (κ1) is 15.3. The maximum atomic E-state index is 10.9. The minimum absolute atomic E-state index is 0.0316. The van der Waals surface area contributed by atoms with Crippen molar-refractivity contribution in [3.8, 4) is 0 Å². The van der Waals surface area contributed by atoms with Gasteiger partial charge in [-0.3, -0.25) is 4.79 Å². The van der Waals surface area contributed by atoms with Crippen LogP contribution in [-0.2, 0) is 17.6 Å². The van der Waals surface area contributed by atoms with E-state index in [9.17, 15) is 9.90 Å². The van der Waals surface area contributed by atoms with Crippen LogP contribution in [0.25, 0.3) is 0 Å². The zero-order valence-corrected chi connectivity index (χ0v) is 11.9. The van der Waals surface area contributed by atoms with Crippen LogP contribution in [0.3, 0.4) is 0 Å². The Morgan fingerprint density at radius 1 is 0.857 bits per heavy atom. The Balaban J connectivity index is 2.15. The molecule has 0 spiro atoms. The molecule has 0 aliphatic rings. The third kappa shape index (κ3) is 5.04. The van der Waals surface area contributed by atoms with E-state index in [0.29, 0.717) is 12.8 Å². The first-order valence-electron chi connectivity index (χ1n) is 7.09. The molecule has 2 aromatic rings. The van der Waals surface area contributed by atoms with Crippen LogP contribution in [0.15, 0.2) is 60.7 Å². The molecule has 3 heteroatoms. The molecular formula is C18H20O3. The summed E-state index contributed by atoms with van der Waals surface area (Å²) in [5, 5.41) is 19.8. The van der Waals surface area contributed by atoms with E-state index in [4.69, 9.17) is 5.11 Å². The Labute approximate surface area is 124 Å². The molecule has 0 radical (unpaired) electrons. The SMILES string of the molecule is O=C(O)CCC(O)(Cc1ccccc1)Cc1ccccc1. The Kier molecular flexibility index (Phi) is 5.12. The van der Waals surface area contributed by atoms with Crippen molar-refractivity contribution >= 4 is 5.97 Å². The van der Waals surface area contributed by atoms with Gasteiger partial charge in [0, 0.05) is 19.3 Å². The average Bonchev–Trinajstić information content (AvgIpc) is 2.47. The molecule has 2 rings (SSSR count). The van der Waals surface area contributed by atoms with Crippen LogP contribution in [0.4, 0.5) is 0 Å². The molecule has 21 heavy (non-hydrogen) atoms. The minimum atomic E-state index is -1.04. The second kappa shape index (κ2) is 7.04. The maximum Gasteiger partial charge on any atom is 0.303 e. The Morgan fingerprint density at radius 2 is 1.29 bits per heavy atom. The molecule has 0 unspecified atom stereocenters. The third-order valence-corrected chi connectivity index (χ3v) is 3.56. The summed E-state index contributed by atoms with van der Waals surface area (Å²) in [6.07, 6.45) is 1.12. The van der Waals surface area contributed by atoms with E-state index in [1.807, 2.05) is 60.7 Å². The molecule has 110 valence electrons. The van der Waals surface area contributed by atoms with Gasteiger partial charge in [0.2, 0.25) is 0 Å². The Hall–Kier alpha value is -2.13. The van der Waals surface area contributed by atoms with Crippen LogP contribution in [0.5, 0.6) is 0 Å². The van der Waals surface area contributed by atoms with Crippen molar-refractivity contribution in [2.45, 2.75) is 31.3 Å². The fraction of sp³-hybridized carbons (Fsp3) is 0.278. The lowest BCUT2D eigenvalue weighted by Gasteiger charge is -2.28. The quantitative estimate of drug-likeness (QED) is 0.821. The van der Waals surface area contributed by atoms with E-state index in [-0.39, 0.29) is 12.8 Å². The largest absolute Gasteiger partial charge is 0.481 e. The zero-order chi connectivity index (χ0) is 15.1. The number of benzene rings is 2. The van der Waals surface area contributed by atoms with Gasteiger partial charge in [-0.05, 0) is 17.5 Å². The van der Waals surface area contributed by atoms with Crippen molar-refractivity contribution in [3.05, 3.63) is 71.8 Å². The predicted octanol–water partition coefficient (Wildman–Crippen LogP) is 3.07.